The maximum Gasteiger partial charge on any atom is 0.278 e. The van der Waals surface area contributed by atoms with E-state index in [1.54, 1.807) is 16.8 Å². The van der Waals surface area contributed by atoms with E-state index in [0.717, 1.165) is 31.5 Å². The molecule has 6 heterocycles. The summed E-state index contributed by atoms with van der Waals surface area (Å²) in [6, 6.07) is 9.91. The van der Waals surface area contributed by atoms with Crippen LogP contribution >= 0.6 is 0 Å². The van der Waals surface area contributed by atoms with Crippen LogP contribution in [0.3, 0.4) is 0 Å². The van der Waals surface area contributed by atoms with Crippen molar-refractivity contribution in [2.24, 2.45) is 0 Å². The Morgan fingerprint density at radius 3 is 2.86 bits per heavy atom. The van der Waals surface area contributed by atoms with Crippen molar-refractivity contribution in [3.8, 4) is 11.6 Å². The average Bonchev–Trinajstić information content (AvgIpc) is 3.74. The zero-order chi connectivity index (χ0) is 28.6. The molecular weight excluding hydrogens is 536 g/mol. The van der Waals surface area contributed by atoms with Gasteiger partial charge in [0.1, 0.15) is 5.39 Å². The maximum atomic E-state index is 13.6. The van der Waals surface area contributed by atoms with Gasteiger partial charge < -0.3 is 15.2 Å². The molecule has 1 spiro atoms. The number of benzene rings is 1. The summed E-state index contributed by atoms with van der Waals surface area (Å²) in [5, 5.41) is 14.3. The van der Waals surface area contributed by atoms with Crippen LogP contribution in [0.25, 0.3) is 16.9 Å². The normalized spacial score (nSPS) is 20.9. The molecule has 1 atom stereocenters. The largest absolute Gasteiger partial charge is 0.480 e. The van der Waals surface area contributed by atoms with E-state index in [1.165, 1.54) is 26.9 Å². The number of hydrogen-bond acceptors (Lipinski definition) is 9. The number of carbonyl (C=O) groups excluding carboxylic acids is 1. The molecule has 1 saturated carbocycles. The second-order valence-electron chi connectivity index (χ2n) is 11.5. The van der Waals surface area contributed by atoms with E-state index in [4.69, 9.17) is 14.7 Å². The average molecular weight is 567 g/mol. The van der Waals surface area contributed by atoms with Crippen molar-refractivity contribution in [2.45, 2.75) is 43.9 Å². The molecule has 0 radical (unpaired) electrons. The Morgan fingerprint density at radius 1 is 1.12 bits per heavy atom. The first-order valence-corrected chi connectivity index (χ1v) is 14.3. The van der Waals surface area contributed by atoms with Crippen molar-refractivity contribution in [2.75, 3.05) is 37.0 Å². The number of amides is 1. The molecule has 8 rings (SSSR count). The number of aliphatic hydroxyl groups is 1. The number of nitrogens with zero attached hydrogens (tertiary/aromatic N) is 7. The Bertz CT molecular complexity index is 1860. The number of carbonyl (C=O) groups is 1. The highest BCUT2D eigenvalue weighted by Gasteiger charge is 2.50. The topological polar surface area (TPSA) is 131 Å². The van der Waals surface area contributed by atoms with Crippen molar-refractivity contribution in [3.63, 3.8) is 0 Å². The molecule has 42 heavy (non-hydrogen) atoms. The van der Waals surface area contributed by atoms with Gasteiger partial charge in [-0.3, -0.25) is 19.4 Å². The highest BCUT2D eigenvalue weighted by molar-refractivity contribution is 5.97. The van der Waals surface area contributed by atoms with Crippen LogP contribution in [0.2, 0.25) is 0 Å². The molecule has 2 N–H and O–H groups in total. The van der Waals surface area contributed by atoms with Crippen LogP contribution in [-0.4, -0.2) is 73.1 Å². The van der Waals surface area contributed by atoms with Crippen LogP contribution in [0.15, 0.2) is 53.5 Å². The third kappa shape index (κ3) is 3.86. The number of nitrogens with one attached hydrogen (secondary N) is 1. The molecular formula is C30H30N8O4. The van der Waals surface area contributed by atoms with Gasteiger partial charge in [-0.15, -0.1) is 0 Å². The fourth-order valence-electron chi connectivity index (χ4n) is 6.48. The third-order valence-corrected chi connectivity index (χ3v) is 8.91. The number of fused-ring (bicyclic) bond motifs is 7. The first-order chi connectivity index (χ1) is 20.4. The van der Waals surface area contributed by atoms with Crippen molar-refractivity contribution >= 4 is 34.4 Å². The Morgan fingerprint density at radius 2 is 2.00 bits per heavy atom. The lowest BCUT2D eigenvalue weighted by molar-refractivity contribution is -0.121. The summed E-state index contributed by atoms with van der Waals surface area (Å²) in [6.07, 6.45) is 8.07. The summed E-state index contributed by atoms with van der Waals surface area (Å²) in [7, 11) is 2.20. The first-order valence-electron chi connectivity index (χ1n) is 14.3. The van der Waals surface area contributed by atoms with Gasteiger partial charge in [-0.25, -0.2) is 19.3 Å². The predicted molar refractivity (Wildman–Crippen MR) is 156 cm³/mol. The lowest BCUT2D eigenvalue weighted by atomic mass is 9.90. The summed E-state index contributed by atoms with van der Waals surface area (Å²) in [5.41, 5.74) is 3.91. The number of rotatable bonds is 2. The van der Waals surface area contributed by atoms with Gasteiger partial charge in [0.05, 0.1) is 19.2 Å². The smallest absolute Gasteiger partial charge is 0.278 e. The summed E-state index contributed by atoms with van der Waals surface area (Å²) in [4.78, 5) is 44.3. The zero-order valence-electron chi connectivity index (χ0n) is 23.2. The summed E-state index contributed by atoms with van der Waals surface area (Å²) in [6.45, 7) is 1.26. The van der Waals surface area contributed by atoms with Gasteiger partial charge in [-0.1, -0.05) is 18.2 Å². The highest BCUT2D eigenvalue weighted by Crippen LogP contribution is 2.53. The van der Waals surface area contributed by atoms with Crippen LogP contribution in [0.1, 0.15) is 30.4 Å². The molecule has 214 valence electrons. The van der Waals surface area contributed by atoms with E-state index in [1.807, 2.05) is 12.2 Å². The molecule has 0 saturated heterocycles. The van der Waals surface area contributed by atoms with Crippen molar-refractivity contribution < 1.29 is 14.6 Å². The maximum absolute atomic E-state index is 13.6. The highest BCUT2D eigenvalue weighted by atomic mass is 16.5. The van der Waals surface area contributed by atoms with Gasteiger partial charge in [0.25, 0.3) is 11.5 Å². The number of anilines is 3. The van der Waals surface area contributed by atoms with Gasteiger partial charge in [0.15, 0.2) is 29.6 Å². The van der Waals surface area contributed by atoms with Crippen molar-refractivity contribution in [1.82, 2.24) is 29.2 Å². The SMILES string of the molecule is CN1CCc2ccc(Nc3ncc4c(=O)n5n(c4n3)-c3ccc4c(n3)N(CC(O)CC=CC5)C(=O)CO4)cc2C12CC2. The monoisotopic (exact) mass is 566 g/mol. The lowest BCUT2D eigenvalue weighted by Gasteiger charge is -2.35. The number of pyridine rings is 1. The van der Waals surface area contributed by atoms with Gasteiger partial charge in [0.2, 0.25) is 5.95 Å². The van der Waals surface area contributed by atoms with Crippen molar-refractivity contribution in [1.29, 1.82) is 0 Å². The Hall–Kier alpha value is -4.55. The second-order valence-corrected chi connectivity index (χ2v) is 11.5. The molecule has 3 aliphatic heterocycles. The fraction of sp³-hybridized carbons (Fsp3) is 0.367. The van der Waals surface area contributed by atoms with Crippen LogP contribution < -0.4 is 20.5 Å². The van der Waals surface area contributed by atoms with E-state index in [0.29, 0.717) is 40.8 Å². The summed E-state index contributed by atoms with van der Waals surface area (Å²) >= 11 is 0. The summed E-state index contributed by atoms with van der Waals surface area (Å²) < 4.78 is 8.81. The van der Waals surface area contributed by atoms with Crippen LogP contribution in [0.5, 0.6) is 5.75 Å². The molecule has 1 aliphatic carbocycles. The number of aromatic nitrogens is 5. The molecule has 12 nitrogen and oxygen atoms in total. The minimum atomic E-state index is -0.790. The number of allylic oxidation sites excluding steroid dienone is 1. The van der Waals surface area contributed by atoms with Gasteiger partial charge in [-0.2, -0.15) is 4.98 Å². The number of hydrogen-bond donors (Lipinski definition) is 2. The molecule has 1 aromatic carbocycles. The number of ether oxygens (including phenoxy) is 1. The van der Waals surface area contributed by atoms with Crippen molar-refractivity contribution in [3.05, 3.63) is 70.2 Å². The van der Waals surface area contributed by atoms with E-state index < -0.39 is 6.10 Å². The van der Waals surface area contributed by atoms with Gasteiger partial charge in [0, 0.05) is 24.0 Å². The van der Waals surface area contributed by atoms with Gasteiger partial charge in [-0.05, 0) is 68.1 Å². The van der Waals surface area contributed by atoms with E-state index in [2.05, 4.69) is 40.4 Å². The van der Waals surface area contributed by atoms with E-state index in [9.17, 15) is 14.7 Å². The molecule has 4 aromatic rings. The van der Waals surface area contributed by atoms with Crippen LogP contribution in [0.4, 0.5) is 17.5 Å². The molecule has 1 fully saturated rings. The van der Waals surface area contributed by atoms with Gasteiger partial charge >= 0.3 is 0 Å². The Balaban J connectivity index is 1.24. The third-order valence-electron chi connectivity index (χ3n) is 8.91. The predicted octanol–water partition coefficient (Wildman–Crippen LogP) is 2.24. The minimum absolute atomic E-state index is 0.0866. The molecule has 1 unspecified atom stereocenters. The standard InChI is InChI=1S/C30H30N8O4/c1-35-13-9-18-5-6-19(14-22(18)30(35)10-11-30)32-29-31-15-21-26(34-29)38-24-8-7-23-27(33-24)36(25(40)17-42-23)16-20(39)4-2-3-12-37(38)28(21)41/h2-3,5-8,14-15,20,39H,4,9-13,16-17H2,1H3,(H,31,32,34). The Labute approximate surface area is 240 Å². The number of likely N-dealkylation sites (N-methyl/N-ethyl adjacent to an activating group) is 1. The molecule has 4 aliphatic rings. The quantitative estimate of drug-likeness (QED) is 0.351. The summed E-state index contributed by atoms with van der Waals surface area (Å²) in [5.74, 6) is 1.20. The second kappa shape index (κ2) is 9.23. The fourth-order valence-corrected chi connectivity index (χ4v) is 6.48. The molecule has 1 amide bonds. The van der Waals surface area contributed by atoms with Crippen LogP contribution in [-0.2, 0) is 23.3 Å². The Kier molecular flexibility index (Phi) is 5.53. The zero-order valence-corrected chi connectivity index (χ0v) is 23.2. The molecule has 3 aromatic heterocycles. The molecule has 2 bridgehead atoms. The van der Waals surface area contributed by atoms with E-state index >= 15 is 0 Å². The lowest BCUT2D eigenvalue weighted by Crippen LogP contribution is -2.44. The molecule has 12 heteroatoms. The minimum Gasteiger partial charge on any atom is -0.480 e. The first kappa shape index (κ1) is 25.2. The van der Waals surface area contributed by atoms with E-state index in [-0.39, 0.29) is 36.7 Å². The van der Waals surface area contributed by atoms with Crippen LogP contribution in [0, 0.1) is 0 Å². The number of aliphatic hydroxyl groups excluding tert-OH is 1.